The number of nitrogens with one attached hydrogen (secondary N) is 1. The van der Waals surface area contributed by atoms with Crippen LogP contribution in [0.25, 0.3) is 0 Å². The van der Waals surface area contributed by atoms with E-state index in [4.69, 9.17) is 0 Å². The SMILES string of the molecule is CC(C)NCC(Cc1ccccc1Br)C[Si](C)(C)C. The van der Waals surface area contributed by atoms with Crippen LogP contribution in [0.3, 0.4) is 0 Å². The first-order valence-corrected chi connectivity index (χ1v) is 11.7. The van der Waals surface area contributed by atoms with Crippen molar-refractivity contribution < 1.29 is 0 Å². The van der Waals surface area contributed by atoms with Crippen LogP contribution in [0, 0.1) is 5.92 Å². The summed E-state index contributed by atoms with van der Waals surface area (Å²) in [5.41, 5.74) is 1.44. The Morgan fingerprint density at radius 2 is 1.79 bits per heavy atom. The average Bonchev–Trinajstić information content (AvgIpc) is 2.27. The summed E-state index contributed by atoms with van der Waals surface area (Å²) in [6, 6.07) is 10.6. The molecule has 0 saturated heterocycles. The van der Waals surface area contributed by atoms with Gasteiger partial charge < -0.3 is 5.32 Å². The first-order chi connectivity index (χ1) is 8.78. The lowest BCUT2D eigenvalue weighted by atomic mass is 10.0. The molecular weight excluding hydrogens is 314 g/mol. The maximum atomic E-state index is 3.68. The van der Waals surface area contributed by atoms with Gasteiger partial charge in [-0.25, -0.2) is 0 Å². The first-order valence-electron chi connectivity index (χ1n) is 7.25. The van der Waals surface area contributed by atoms with E-state index in [0.717, 1.165) is 12.5 Å². The molecule has 1 atom stereocenters. The third kappa shape index (κ3) is 7.28. The monoisotopic (exact) mass is 341 g/mol. The Kier molecular flexibility index (Phi) is 6.78. The molecule has 1 aromatic carbocycles. The van der Waals surface area contributed by atoms with Gasteiger partial charge in [-0.2, -0.15) is 0 Å². The van der Waals surface area contributed by atoms with E-state index in [0.29, 0.717) is 6.04 Å². The zero-order chi connectivity index (χ0) is 14.5. The predicted octanol–water partition coefficient (Wildman–Crippen LogP) is 4.94. The fourth-order valence-corrected chi connectivity index (χ4v) is 4.93. The van der Waals surface area contributed by atoms with E-state index in [-0.39, 0.29) is 0 Å². The fraction of sp³-hybridized carbons (Fsp3) is 0.625. The topological polar surface area (TPSA) is 12.0 Å². The van der Waals surface area contributed by atoms with E-state index in [1.54, 1.807) is 0 Å². The molecule has 1 rings (SSSR count). The zero-order valence-corrected chi connectivity index (χ0v) is 15.5. The van der Waals surface area contributed by atoms with Crippen molar-refractivity contribution in [2.75, 3.05) is 6.54 Å². The molecule has 1 N–H and O–H groups in total. The summed E-state index contributed by atoms with van der Waals surface area (Å²) in [7, 11) is -1.02. The Morgan fingerprint density at radius 1 is 1.16 bits per heavy atom. The summed E-state index contributed by atoms with van der Waals surface area (Å²) in [5.74, 6) is 0.743. The molecule has 1 unspecified atom stereocenters. The molecule has 0 bridgehead atoms. The Bertz CT molecular complexity index is 385. The highest BCUT2D eigenvalue weighted by atomic mass is 79.9. The number of rotatable bonds is 7. The fourth-order valence-electron chi connectivity index (χ4n) is 2.46. The van der Waals surface area contributed by atoms with Gasteiger partial charge in [-0.1, -0.05) is 73.7 Å². The van der Waals surface area contributed by atoms with Gasteiger partial charge >= 0.3 is 0 Å². The highest BCUT2D eigenvalue weighted by Gasteiger charge is 2.21. The Labute approximate surface area is 128 Å². The Balaban J connectivity index is 2.70. The van der Waals surface area contributed by atoms with Crippen LogP contribution in [0.5, 0.6) is 0 Å². The molecular formula is C16H28BrNSi. The average molecular weight is 342 g/mol. The summed E-state index contributed by atoms with van der Waals surface area (Å²) in [4.78, 5) is 0. The third-order valence-electron chi connectivity index (χ3n) is 3.18. The quantitative estimate of drug-likeness (QED) is 0.692. The van der Waals surface area contributed by atoms with Crippen LogP contribution in [0.1, 0.15) is 19.4 Å². The summed E-state index contributed by atoms with van der Waals surface area (Å²) >= 11 is 3.68. The maximum absolute atomic E-state index is 3.68. The minimum Gasteiger partial charge on any atom is -0.314 e. The van der Waals surface area contributed by atoms with Crippen LogP contribution in [-0.4, -0.2) is 20.7 Å². The number of hydrogen-bond acceptors (Lipinski definition) is 1. The largest absolute Gasteiger partial charge is 0.314 e. The molecule has 19 heavy (non-hydrogen) atoms. The number of halogens is 1. The summed E-state index contributed by atoms with van der Waals surface area (Å²) < 4.78 is 1.25. The van der Waals surface area contributed by atoms with Crippen molar-refractivity contribution >= 4 is 24.0 Å². The molecule has 1 aromatic rings. The summed E-state index contributed by atoms with van der Waals surface area (Å²) in [6.45, 7) is 13.0. The van der Waals surface area contributed by atoms with Crippen molar-refractivity contribution in [3.05, 3.63) is 34.3 Å². The molecule has 3 heteroatoms. The summed E-state index contributed by atoms with van der Waals surface area (Å²) in [5, 5.41) is 3.61. The van der Waals surface area contributed by atoms with Gasteiger partial charge in [0.25, 0.3) is 0 Å². The van der Waals surface area contributed by atoms with Crippen molar-refractivity contribution in [1.29, 1.82) is 0 Å². The van der Waals surface area contributed by atoms with Crippen molar-refractivity contribution in [3.63, 3.8) is 0 Å². The minimum absolute atomic E-state index is 0.573. The van der Waals surface area contributed by atoms with Gasteiger partial charge in [0.1, 0.15) is 0 Å². The molecule has 108 valence electrons. The molecule has 0 fully saturated rings. The van der Waals surface area contributed by atoms with E-state index in [9.17, 15) is 0 Å². The van der Waals surface area contributed by atoms with Crippen molar-refractivity contribution in [2.45, 2.75) is 52.0 Å². The van der Waals surface area contributed by atoms with Crippen LogP contribution in [0.15, 0.2) is 28.7 Å². The van der Waals surface area contributed by atoms with Gasteiger partial charge in [0.05, 0.1) is 0 Å². The molecule has 0 radical (unpaired) electrons. The van der Waals surface area contributed by atoms with E-state index in [1.165, 1.54) is 22.5 Å². The van der Waals surface area contributed by atoms with E-state index < -0.39 is 8.07 Å². The Morgan fingerprint density at radius 3 is 2.32 bits per heavy atom. The molecule has 0 spiro atoms. The van der Waals surface area contributed by atoms with Crippen LogP contribution in [-0.2, 0) is 6.42 Å². The second-order valence-corrected chi connectivity index (χ2v) is 13.4. The van der Waals surface area contributed by atoms with Gasteiger partial charge in [0.2, 0.25) is 0 Å². The highest BCUT2D eigenvalue weighted by molar-refractivity contribution is 9.10. The zero-order valence-electron chi connectivity index (χ0n) is 13.0. The van der Waals surface area contributed by atoms with Gasteiger partial charge in [0, 0.05) is 18.6 Å². The number of benzene rings is 1. The molecule has 0 aliphatic heterocycles. The van der Waals surface area contributed by atoms with Crippen LogP contribution >= 0.6 is 15.9 Å². The van der Waals surface area contributed by atoms with Gasteiger partial charge in [-0.15, -0.1) is 0 Å². The van der Waals surface area contributed by atoms with Crippen LogP contribution in [0.2, 0.25) is 25.7 Å². The first kappa shape index (κ1) is 16.9. The number of hydrogen-bond donors (Lipinski definition) is 1. The normalized spacial score (nSPS) is 13.8. The molecule has 0 aromatic heterocycles. The Hall–Kier alpha value is -0.123. The second-order valence-electron chi connectivity index (χ2n) is 6.99. The molecule has 0 aliphatic carbocycles. The van der Waals surface area contributed by atoms with E-state index in [2.05, 4.69) is 79.0 Å². The van der Waals surface area contributed by atoms with E-state index >= 15 is 0 Å². The predicted molar refractivity (Wildman–Crippen MR) is 92.6 cm³/mol. The van der Waals surface area contributed by atoms with E-state index in [1.807, 2.05) is 0 Å². The van der Waals surface area contributed by atoms with Crippen LogP contribution in [0.4, 0.5) is 0 Å². The standard InChI is InChI=1S/C16H28BrNSi/c1-13(2)18-11-14(12-19(3,4)5)10-15-8-6-7-9-16(15)17/h6-9,13-14,18H,10-12H2,1-5H3. The molecule has 0 saturated carbocycles. The smallest absolute Gasteiger partial charge is 0.0446 e. The molecule has 1 nitrogen and oxygen atoms in total. The highest BCUT2D eigenvalue weighted by Crippen LogP contribution is 2.24. The lowest BCUT2D eigenvalue weighted by molar-refractivity contribution is 0.471. The lowest BCUT2D eigenvalue weighted by Crippen LogP contribution is -2.34. The van der Waals surface area contributed by atoms with Crippen molar-refractivity contribution in [1.82, 2.24) is 5.32 Å². The minimum atomic E-state index is -1.02. The summed E-state index contributed by atoms with van der Waals surface area (Å²) in [6.07, 6.45) is 1.17. The van der Waals surface area contributed by atoms with Crippen molar-refractivity contribution in [3.8, 4) is 0 Å². The van der Waals surface area contributed by atoms with Gasteiger partial charge in [-0.05, 0) is 30.5 Å². The molecule has 0 aliphatic rings. The van der Waals surface area contributed by atoms with Gasteiger partial charge in [-0.3, -0.25) is 0 Å². The molecule has 0 heterocycles. The van der Waals surface area contributed by atoms with Crippen LogP contribution < -0.4 is 5.32 Å². The second kappa shape index (κ2) is 7.60. The maximum Gasteiger partial charge on any atom is 0.0446 e. The van der Waals surface area contributed by atoms with Crippen molar-refractivity contribution in [2.24, 2.45) is 5.92 Å². The van der Waals surface area contributed by atoms with Gasteiger partial charge in [0.15, 0.2) is 0 Å². The lowest BCUT2D eigenvalue weighted by Gasteiger charge is -2.26. The molecule has 0 amide bonds. The third-order valence-corrected chi connectivity index (χ3v) is 5.76.